The van der Waals surface area contributed by atoms with Crippen LogP contribution in [0.25, 0.3) is 0 Å². The lowest BCUT2D eigenvalue weighted by Gasteiger charge is -1.94. The normalized spacial score (nSPS) is 17.4. The number of rotatable bonds is 1. The maximum absolute atomic E-state index is 10.5. The van der Waals surface area contributed by atoms with Crippen molar-refractivity contribution in [2.75, 3.05) is 6.54 Å². The third kappa shape index (κ3) is 0.812. The Balaban J connectivity index is 3.01. The molecule has 1 rings (SSSR count). The average molecular weight is 141 g/mol. The van der Waals surface area contributed by atoms with Crippen LogP contribution in [0.5, 0.6) is 0 Å². The summed E-state index contributed by atoms with van der Waals surface area (Å²) >= 11 is 0. The minimum Gasteiger partial charge on any atom is -0.509 e. The maximum Gasteiger partial charge on any atom is 0.255 e. The van der Waals surface area contributed by atoms with Gasteiger partial charge >= 0.3 is 0 Å². The van der Waals surface area contributed by atoms with Gasteiger partial charge in [0.1, 0.15) is 17.2 Å². The van der Waals surface area contributed by atoms with E-state index in [4.69, 9.17) is 16.6 Å². The summed E-state index contributed by atoms with van der Waals surface area (Å²) in [6.07, 6.45) is 0. The number of aliphatic imine (C=N–C) groups is 1. The molecule has 1 aliphatic heterocycles. The molecule has 0 aromatic heterocycles. The fourth-order valence-corrected chi connectivity index (χ4v) is 0.734. The van der Waals surface area contributed by atoms with Crippen molar-refractivity contribution in [2.24, 2.45) is 16.5 Å². The molecular formula is C5H7N3O2. The number of nitrogens with two attached hydrogens (primary N) is 2. The second-order valence-corrected chi connectivity index (χ2v) is 1.89. The van der Waals surface area contributed by atoms with Crippen LogP contribution in [0, 0.1) is 0 Å². The molecule has 0 aromatic carbocycles. The molecule has 0 spiro atoms. The summed E-state index contributed by atoms with van der Waals surface area (Å²) in [5.74, 6) is -0.869. The second kappa shape index (κ2) is 2.02. The molecule has 1 heterocycles. The molecule has 10 heavy (non-hydrogen) atoms. The number of hydrogen-bond donors (Lipinski definition) is 3. The molecule has 0 unspecified atom stereocenters. The summed E-state index contributed by atoms with van der Waals surface area (Å²) in [6, 6.07) is 0. The van der Waals surface area contributed by atoms with Crippen molar-refractivity contribution < 1.29 is 9.90 Å². The summed E-state index contributed by atoms with van der Waals surface area (Å²) in [4.78, 5) is 14.1. The highest BCUT2D eigenvalue weighted by Crippen LogP contribution is 2.08. The second-order valence-electron chi connectivity index (χ2n) is 1.89. The van der Waals surface area contributed by atoms with Crippen LogP contribution in [-0.4, -0.2) is 23.4 Å². The Hall–Kier alpha value is -1.52. The zero-order valence-corrected chi connectivity index (χ0v) is 5.16. The molecule has 5 heteroatoms. The lowest BCUT2D eigenvalue weighted by Crippen LogP contribution is -2.25. The van der Waals surface area contributed by atoms with Crippen LogP contribution in [0.2, 0.25) is 0 Å². The molecule has 0 fully saturated rings. The molecule has 0 saturated carbocycles. The van der Waals surface area contributed by atoms with E-state index in [1.54, 1.807) is 0 Å². The lowest BCUT2D eigenvalue weighted by molar-refractivity contribution is -0.114. The number of primary amides is 1. The van der Waals surface area contributed by atoms with Crippen LogP contribution in [0.4, 0.5) is 0 Å². The molecule has 5 N–H and O–H groups in total. The van der Waals surface area contributed by atoms with Crippen molar-refractivity contribution in [2.45, 2.75) is 0 Å². The van der Waals surface area contributed by atoms with Gasteiger partial charge in [0.25, 0.3) is 5.91 Å². The Labute approximate surface area is 57.0 Å². The van der Waals surface area contributed by atoms with E-state index in [2.05, 4.69) is 4.99 Å². The molecule has 0 aliphatic carbocycles. The molecule has 0 atom stereocenters. The number of carbonyl (C=O) groups is 1. The first kappa shape index (κ1) is 6.60. The summed E-state index contributed by atoms with van der Waals surface area (Å²) in [5, 5.41) is 8.91. The van der Waals surface area contributed by atoms with E-state index >= 15 is 0 Å². The van der Waals surface area contributed by atoms with Gasteiger partial charge in [-0.1, -0.05) is 0 Å². The first-order valence-corrected chi connectivity index (χ1v) is 2.65. The molecule has 1 amide bonds. The molecule has 0 radical (unpaired) electrons. The lowest BCUT2D eigenvalue weighted by atomic mass is 10.2. The fourth-order valence-electron chi connectivity index (χ4n) is 0.734. The topological polar surface area (TPSA) is 102 Å². The number of hydrogen-bond acceptors (Lipinski definition) is 4. The predicted octanol–water partition coefficient (Wildman–Crippen LogP) is -1.35. The van der Waals surface area contributed by atoms with Crippen molar-refractivity contribution in [3.63, 3.8) is 0 Å². The van der Waals surface area contributed by atoms with Gasteiger partial charge in [-0.3, -0.25) is 9.79 Å². The Bertz CT molecular complexity index is 241. The zero-order chi connectivity index (χ0) is 7.72. The fraction of sp³-hybridized carbons (Fsp3) is 0.200. The average Bonchev–Trinajstić information content (AvgIpc) is 2.11. The van der Waals surface area contributed by atoms with Crippen molar-refractivity contribution in [3.8, 4) is 0 Å². The van der Waals surface area contributed by atoms with E-state index in [-0.39, 0.29) is 23.7 Å². The minimum atomic E-state index is -0.740. The maximum atomic E-state index is 10.5. The van der Waals surface area contributed by atoms with E-state index in [0.29, 0.717) is 0 Å². The van der Waals surface area contributed by atoms with Crippen molar-refractivity contribution >= 4 is 11.7 Å². The number of amides is 1. The SMILES string of the molecule is NC(=O)C1=C(O)CN=C1N. The zero-order valence-electron chi connectivity index (χ0n) is 5.16. The molecule has 54 valence electrons. The van der Waals surface area contributed by atoms with E-state index < -0.39 is 5.91 Å². The summed E-state index contributed by atoms with van der Waals surface area (Å²) in [7, 11) is 0. The van der Waals surface area contributed by atoms with Gasteiger partial charge in [-0.25, -0.2) is 0 Å². The van der Waals surface area contributed by atoms with Gasteiger partial charge in [0.15, 0.2) is 0 Å². The number of nitrogens with zero attached hydrogens (tertiary/aromatic N) is 1. The number of amidine groups is 1. The predicted molar refractivity (Wildman–Crippen MR) is 35.3 cm³/mol. The van der Waals surface area contributed by atoms with Crippen molar-refractivity contribution in [3.05, 3.63) is 11.3 Å². The van der Waals surface area contributed by atoms with Gasteiger partial charge in [0, 0.05) is 0 Å². The monoisotopic (exact) mass is 141 g/mol. The van der Waals surface area contributed by atoms with Gasteiger partial charge in [-0.05, 0) is 0 Å². The summed E-state index contributed by atoms with van der Waals surface area (Å²) in [6.45, 7) is 0.0596. The Morgan fingerprint density at radius 3 is 2.50 bits per heavy atom. The molecule has 5 nitrogen and oxygen atoms in total. The van der Waals surface area contributed by atoms with Crippen molar-refractivity contribution in [1.29, 1.82) is 0 Å². The van der Waals surface area contributed by atoms with Crippen LogP contribution in [-0.2, 0) is 4.79 Å². The quantitative estimate of drug-likeness (QED) is 0.421. The Morgan fingerprint density at radius 2 is 2.30 bits per heavy atom. The number of aliphatic hydroxyl groups is 1. The van der Waals surface area contributed by atoms with Gasteiger partial charge < -0.3 is 16.6 Å². The summed E-state index contributed by atoms with van der Waals surface area (Å²) in [5.41, 5.74) is 10.0. The number of carbonyl (C=O) groups excluding carboxylic acids is 1. The Morgan fingerprint density at radius 1 is 1.70 bits per heavy atom. The van der Waals surface area contributed by atoms with E-state index in [1.165, 1.54) is 0 Å². The standard InChI is InChI=1S/C5H7N3O2/c6-4-3(5(7)10)2(9)1-8-4/h9H,1H2,(H2,6,8)(H2,7,10). The smallest absolute Gasteiger partial charge is 0.255 e. The van der Waals surface area contributed by atoms with Gasteiger partial charge in [0.05, 0.1) is 6.54 Å². The first-order chi connectivity index (χ1) is 4.63. The Kier molecular flexibility index (Phi) is 1.33. The van der Waals surface area contributed by atoms with Crippen LogP contribution in [0.1, 0.15) is 0 Å². The van der Waals surface area contributed by atoms with Gasteiger partial charge in [-0.15, -0.1) is 0 Å². The highest BCUT2D eigenvalue weighted by molar-refractivity contribution is 6.21. The first-order valence-electron chi connectivity index (χ1n) is 2.65. The number of aliphatic hydroxyl groups excluding tert-OH is 1. The van der Waals surface area contributed by atoms with Crippen LogP contribution in [0.15, 0.2) is 16.3 Å². The van der Waals surface area contributed by atoms with Gasteiger partial charge in [-0.2, -0.15) is 0 Å². The molecule has 0 saturated heterocycles. The largest absolute Gasteiger partial charge is 0.509 e. The highest BCUT2D eigenvalue weighted by atomic mass is 16.3. The third-order valence-corrected chi connectivity index (χ3v) is 1.19. The molecule has 1 aliphatic rings. The van der Waals surface area contributed by atoms with Crippen molar-refractivity contribution in [1.82, 2.24) is 0 Å². The van der Waals surface area contributed by atoms with Gasteiger partial charge in [0.2, 0.25) is 0 Å². The highest BCUT2D eigenvalue weighted by Gasteiger charge is 2.20. The molecule has 0 aromatic rings. The van der Waals surface area contributed by atoms with Crippen LogP contribution < -0.4 is 11.5 Å². The van der Waals surface area contributed by atoms with Crippen LogP contribution >= 0.6 is 0 Å². The van der Waals surface area contributed by atoms with E-state index in [9.17, 15) is 4.79 Å². The van der Waals surface area contributed by atoms with E-state index in [1.807, 2.05) is 0 Å². The minimum absolute atomic E-state index is 0.0185. The molecule has 0 bridgehead atoms. The third-order valence-electron chi connectivity index (χ3n) is 1.19. The molecular weight excluding hydrogens is 134 g/mol. The van der Waals surface area contributed by atoms with E-state index in [0.717, 1.165) is 0 Å². The summed E-state index contributed by atoms with van der Waals surface area (Å²) < 4.78 is 0. The van der Waals surface area contributed by atoms with Crippen LogP contribution in [0.3, 0.4) is 0 Å².